The third-order valence-corrected chi connectivity index (χ3v) is 7.09. The van der Waals surface area contributed by atoms with Crippen LogP contribution >= 0.6 is 11.9 Å². The molecule has 1 aromatic carbocycles. The molecule has 6 rings (SSSR count). The van der Waals surface area contributed by atoms with Crippen LogP contribution in [-0.2, 0) is 9.47 Å². The molecular formula is C26H25FN4O4S. The van der Waals surface area contributed by atoms with Crippen LogP contribution in [0.25, 0.3) is 33.5 Å². The van der Waals surface area contributed by atoms with Gasteiger partial charge in [-0.05, 0) is 38.2 Å². The standard InChI is InChI=1S/C26H25FN4O4S/c1-31(2)36-16-7-8-18(28-11-16)14-3-5-15(6-4-14)24-17(27)9-19-20(30-24)10-23(29-19)35-22-13-34-25-21(32)12-33-26(22)25/h3-11,21-22,25-26,29,32H,12-13H2,1-2H3/t21-,22-,25-,26-/m1/s1. The molecule has 3 aromatic heterocycles. The number of hydrogen-bond acceptors (Lipinski definition) is 8. The fourth-order valence-corrected chi connectivity index (χ4v) is 5.25. The highest BCUT2D eigenvalue weighted by molar-refractivity contribution is 7.97. The van der Waals surface area contributed by atoms with Crippen LogP contribution in [0, 0.1) is 5.82 Å². The predicted octanol–water partition coefficient (Wildman–Crippen LogP) is 3.91. The summed E-state index contributed by atoms with van der Waals surface area (Å²) in [5.41, 5.74) is 3.83. The summed E-state index contributed by atoms with van der Waals surface area (Å²) in [6, 6.07) is 14.7. The largest absolute Gasteiger partial charge is 0.470 e. The summed E-state index contributed by atoms with van der Waals surface area (Å²) in [4.78, 5) is 13.2. The third kappa shape index (κ3) is 4.46. The van der Waals surface area contributed by atoms with Crippen LogP contribution in [0.1, 0.15) is 0 Å². The van der Waals surface area contributed by atoms with E-state index in [1.54, 1.807) is 18.0 Å². The molecule has 2 saturated heterocycles. The van der Waals surface area contributed by atoms with Crippen LogP contribution in [0.3, 0.4) is 0 Å². The van der Waals surface area contributed by atoms with Crippen LogP contribution in [0.5, 0.6) is 5.88 Å². The van der Waals surface area contributed by atoms with Gasteiger partial charge in [-0.2, -0.15) is 0 Å². The Kier molecular flexibility index (Phi) is 6.14. The van der Waals surface area contributed by atoms with Crippen LogP contribution < -0.4 is 4.74 Å². The molecule has 2 aliphatic heterocycles. The normalized spacial score (nSPS) is 23.5. The molecule has 2 aliphatic rings. The summed E-state index contributed by atoms with van der Waals surface area (Å²) in [6.45, 7) is 0.543. The first-order chi connectivity index (χ1) is 17.4. The van der Waals surface area contributed by atoms with Gasteiger partial charge in [0.05, 0.1) is 29.9 Å². The lowest BCUT2D eigenvalue weighted by Gasteiger charge is -2.16. The first-order valence-electron chi connectivity index (χ1n) is 11.6. The van der Waals surface area contributed by atoms with Crippen molar-refractivity contribution >= 4 is 23.0 Å². The molecule has 5 heterocycles. The Morgan fingerprint density at radius 1 is 1.06 bits per heavy atom. The van der Waals surface area contributed by atoms with Gasteiger partial charge >= 0.3 is 0 Å². The molecule has 36 heavy (non-hydrogen) atoms. The maximum absolute atomic E-state index is 15.0. The van der Waals surface area contributed by atoms with E-state index in [1.807, 2.05) is 61.0 Å². The molecule has 2 N–H and O–H groups in total. The number of pyridine rings is 2. The van der Waals surface area contributed by atoms with Gasteiger partial charge in [0.1, 0.15) is 24.0 Å². The Balaban J connectivity index is 1.21. The SMILES string of the molecule is CN(C)Sc1ccc(-c2ccc(-c3nc4cc(O[C@@H]5CO[C@H]6[C@@H]5OC[C@H]6O)[nH]c4cc3F)cc2)nc1. The van der Waals surface area contributed by atoms with Gasteiger partial charge in [0, 0.05) is 34.4 Å². The second-order valence-electron chi connectivity index (χ2n) is 9.06. The van der Waals surface area contributed by atoms with E-state index in [2.05, 4.69) is 15.0 Å². The minimum absolute atomic E-state index is 0.230. The number of aromatic amines is 1. The van der Waals surface area contributed by atoms with E-state index in [-0.39, 0.29) is 30.6 Å². The van der Waals surface area contributed by atoms with Crippen molar-refractivity contribution in [1.82, 2.24) is 19.3 Å². The number of aliphatic hydroxyl groups is 1. The maximum atomic E-state index is 15.0. The molecule has 0 aliphatic carbocycles. The van der Waals surface area contributed by atoms with Gasteiger partial charge in [-0.15, -0.1) is 0 Å². The summed E-state index contributed by atoms with van der Waals surface area (Å²) >= 11 is 1.61. The number of hydrogen-bond donors (Lipinski definition) is 2. The number of fused-ring (bicyclic) bond motifs is 2. The van der Waals surface area contributed by atoms with Crippen molar-refractivity contribution in [3.8, 4) is 28.4 Å². The Labute approximate surface area is 211 Å². The van der Waals surface area contributed by atoms with Gasteiger partial charge in [0.25, 0.3) is 0 Å². The highest BCUT2D eigenvalue weighted by Crippen LogP contribution is 2.32. The van der Waals surface area contributed by atoms with Crippen molar-refractivity contribution < 1.29 is 23.7 Å². The van der Waals surface area contributed by atoms with Crippen LogP contribution in [0.4, 0.5) is 4.39 Å². The van der Waals surface area contributed by atoms with Crippen molar-refractivity contribution in [2.45, 2.75) is 29.3 Å². The lowest BCUT2D eigenvalue weighted by Crippen LogP contribution is -2.34. The van der Waals surface area contributed by atoms with Crippen molar-refractivity contribution in [2.75, 3.05) is 27.3 Å². The number of halogens is 1. The molecule has 0 bridgehead atoms. The van der Waals surface area contributed by atoms with E-state index in [4.69, 9.17) is 14.2 Å². The first-order valence-corrected chi connectivity index (χ1v) is 12.4. The lowest BCUT2D eigenvalue weighted by molar-refractivity contribution is 0.00794. The Morgan fingerprint density at radius 2 is 1.83 bits per heavy atom. The highest BCUT2D eigenvalue weighted by atomic mass is 32.2. The number of benzene rings is 1. The average Bonchev–Trinajstić information content (AvgIpc) is 3.55. The molecular weight excluding hydrogens is 483 g/mol. The number of rotatable bonds is 6. The van der Waals surface area contributed by atoms with E-state index in [9.17, 15) is 5.11 Å². The fourth-order valence-electron chi connectivity index (χ4n) is 4.59. The molecule has 0 unspecified atom stereocenters. The second kappa shape index (κ2) is 9.45. The molecule has 0 saturated carbocycles. The number of H-pyrrole nitrogens is 1. The molecule has 2 fully saturated rings. The zero-order chi connectivity index (χ0) is 24.8. The van der Waals surface area contributed by atoms with Gasteiger partial charge in [-0.1, -0.05) is 24.3 Å². The first kappa shape index (κ1) is 23.4. The van der Waals surface area contributed by atoms with E-state index in [0.29, 0.717) is 29.1 Å². The van der Waals surface area contributed by atoms with Crippen molar-refractivity contribution in [3.63, 3.8) is 0 Å². The number of aromatic nitrogens is 3. The Morgan fingerprint density at radius 3 is 2.58 bits per heavy atom. The smallest absolute Gasteiger partial charge is 0.193 e. The molecule has 0 radical (unpaired) electrons. The summed E-state index contributed by atoms with van der Waals surface area (Å²) in [5.74, 6) is 0.0175. The fraction of sp³-hybridized carbons (Fsp3) is 0.308. The molecule has 186 valence electrons. The molecule has 0 amide bonds. The Hall–Kier alpha value is -3.02. The van der Waals surface area contributed by atoms with E-state index < -0.39 is 11.9 Å². The maximum Gasteiger partial charge on any atom is 0.193 e. The molecule has 0 spiro atoms. The number of nitrogens with zero attached hydrogens (tertiary/aromatic N) is 3. The second-order valence-corrected chi connectivity index (χ2v) is 10.4. The monoisotopic (exact) mass is 508 g/mol. The molecule has 10 heteroatoms. The van der Waals surface area contributed by atoms with Gasteiger partial charge in [-0.25, -0.2) is 9.37 Å². The number of ether oxygens (including phenoxy) is 3. The van der Waals surface area contributed by atoms with E-state index in [1.165, 1.54) is 6.07 Å². The van der Waals surface area contributed by atoms with Gasteiger partial charge in [0.15, 0.2) is 17.8 Å². The van der Waals surface area contributed by atoms with Crippen LogP contribution in [0.2, 0.25) is 0 Å². The summed E-state index contributed by atoms with van der Waals surface area (Å²) in [6.07, 6.45) is 0.125. The molecule has 4 aromatic rings. The predicted molar refractivity (Wildman–Crippen MR) is 134 cm³/mol. The van der Waals surface area contributed by atoms with Crippen molar-refractivity contribution in [1.29, 1.82) is 0 Å². The quantitative estimate of drug-likeness (QED) is 0.379. The van der Waals surface area contributed by atoms with Gasteiger partial charge in [-0.3, -0.25) is 9.29 Å². The number of nitrogens with one attached hydrogen (secondary N) is 1. The van der Waals surface area contributed by atoms with Crippen molar-refractivity contribution in [3.05, 3.63) is 60.5 Å². The van der Waals surface area contributed by atoms with E-state index >= 15 is 4.39 Å². The zero-order valence-corrected chi connectivity index (χ0v) is 20.5. The molecule has 4 atom stereocenters. The highest BCUT2D eigenvalue weighted by Gasteiger charge is 2.48. The third-order valence-electron chi connectivity index (χ3n) is 6.27. The minimum atomic E-state index is -0.645. The topological polar surface area (TPSA) is 92.7 Å². The lowest BCUT2D eigenvalue weighted by atomic mass is 10.1. The summed E-state index contributed by atoms with van der Waals surface area (Å²) < 4.78 is 34.2. The summed E-state index contributed by atoms with van der Waals surface area (Å²) in [7, 11) is 3.97. The van der Waals surface area contributed by atoms with E-state index in [0.717, 1.165) is 16.2 Å². The zero-order valence-electron chi connectivity index (χ0n) is 19.7. The molecule has 8 nitrogen and oxygen atoms in total. The Bertz CT molecular complexity index is 1380. The van der Waals surface area contributed by atoms with Crippen LogP contribution in [0.15, 0.2) is 59.6 Å². The van der Waals surface area contributed by atoms with Gasteiger partial charge in [0.2, 0.25) is 0 Å². The minimum Gasteiger partial charge on any atom is -0.470 e. The van der Waals surface area contributed by atoms with Gasteiger partial charge < -0.3 is 24.3 Å². The average molecular weight is 509 g/mol. The summed E-state index contributed by atoms with van der Waals surface area (Å²) in [5, 5.41) is 9.92. The number of aliphatic hydroxyl groups excluding tert-OH is 1. The van der Waals surface area contributed by atoms with Crippen molar-refractivity contribution in [2.24, 2.45) is 0 Å². The van der Waals surface area contributed by atoms with Crippen LogP contribution in [-0.4, -0.2) is 76.1 Å².